The van der Waals surface area contributed by atoms with Gasteiger partial charge >= 0.3 is 0 Å². The van der Waals surface area contributed by atoms with Crippen molar-refractivity contribution in [1.82, 2.24) is 19.5 Å². The molecule has 11 heteroatoms. The zero-order valence-corrected chi connectivity index (χ0v) is 20.9. The van der Waals surface area contributed by atoms with Gasteiger partial charge in [0.25, 0.3) is 0 Å². The van der Waals surface area contributed by atoms with E-state index in [1.165, 1.54) is 5.56 Å². The number of para-hydroxylation sites is 1. The second-order valence-electron chi connectivity index (χ2n) is 10.4. The monoisotopic (exact) mass is 513 g/mol. The number of halogens is 1. The molecule has 4 aliphatic rings. The van der Waals surface area contributed by atoms with Gasteiger partial charge < -0.3 is 29.0 Å². The third-order valence-corrected chi connectivity index (χ3v) is 8.06. The fraction of sp³-hybridized carbons (Fsp3) is 0.560. The molecule has 3 aromatic rings. The van der Waals surface area contributed by atoms with Gasteiger partial charge in [0.1, 0.15) is 18.3 Å². The molecule has 1 aromatic carbocycles. The van der Waals surface area contributed by atoms with Gasteiger partial charge in [-0.25, -0.2) is 4.98 Å². The maximum atomic E-state index is 9.91. The Hall–Kier alpha value is -2.34. The smallest absolute Gasteiger partial charge is 0.226 e. The molecule has 4 atom stereocenters. The van der Waals surface area contributed by atoms with Gasteiger partial charge in [0.15, 0.2) is 29.0 Å². The van der Waals surface area contributed by atoms with E-state index in [2.05, 4.69) is 33.1 Å². The van der Waals surface area contributed by atoms with Crippen molar-refractivity contribution in [3.63, 3.8) is 0 Å². The summed E-state index contributed by atoms with van der Waals surface area (Å²) in [6.07, 6.45) is 1.66. The van der Waals surface area contributed by atoms with Crippen LogP contribution in [0.1, 0.15) is 38.5 Å². The standard InChI is InChI=1S/C25H28ClN5O5/c1-24(2)35-18-16(11-32)34-22(19(18)36-24)31-13-27-17-20(28-23(26)29-21(17)31)30-12-25(7-9-33-10-8-25)14-5-3-4-6-15(14)30/h3-6,13,16,18-19,22,32H,7-12H2,1-2H3/t16-,18?,19?,22-/m1/s1. The summed E-state index contributed by atoms with van der Waals surface area (Å²) in [7, 11) is 0. The molecule has 2 aromatic heterocycles. The van der Waals surface area contributed by atoms with Crippen molar-refractivity contribution in [2.75, 3.05) is 31.3 Å². The summed E-state index contributed by atoms with van der Waals surface area (Å²) in [6.45, 7) is 5.79. The maximum absolute atomic E-state index is 9.91. The van der Waals surface area contributed by atoms with Crippen molar-refractivity contribution in [2.24, 2.45) is 0 Å². The van der Waals surface area contributed by atoms with Gasteiger partial charge in [-0.1, -0.05) is 18.2 Å². The highest BCUT2D eigenvalue weighted by Crippen LogP contribution is 2.50. The number of aliphatic hydroxyl groups is 1. The number of fused-ring (bicyclic) bond motifs is 4. The summed E-state index contributed by atoms with van der Waals surface area (Å²) in [4.78, 5) is 16.1. The summed E-state index contributed by atoms with van der Waals surface area (Å²) in [5, 5.41) is 10.0. The van der Waals surface area contributed by atoms with Gasteiger partial charge in [0, 0.05) is 30.9 Å². The number of benzene rings is 1. The number of hydrogen-bond donors (Lipinski definition) is 1. The van der Waals surface area contributed by atoms with Gasteiger partial charge in [0.05, 0.1) is 12.9 Å². The van der Waals surface area contributed by atoms with Crippen LogP contribution in [-0.2, 0) is 24.4 Å². The highest BCUT2D eigenvalue weighted by molar-refractivity contribution is 6.28. The first-order valence-corrected chi connectivity index (χ1v) is 12.7. The fourth-order valence-corrected chi connectivity index (χ4v) is 6.45. The fourth-order valence-electron chi connectivity index (χ4n) is 6.29. The lowest BCUT2D eigenvalue weighted by Gasteiger charge is -2.34. The molecule has 4 aliphatic heterocycles. The summed E-state index contributed by atoms with van der Waals surface area (Å²) in [6, 6.07) is 8.47. The first kappa shape index (κ1) is 22.8. The molecule has 7 rings (SSSR count). The topological polar surface area (TPSA) is 104 Å². The van der Waals surface area contributed by atoms with Crippen molar-refractivity contribution in [1.29, 1.82) is 0 Å². The van der Waals surface area contributed by atoms with Crippen LogP contribution in [-0.4, -0.2) is 75.1 Å². The van der Waals surface area contributed by atoms with Crippen LogP contribution in [0.2, 0.25) is 5.28 Å². The largest absolute Gasteiger partial charge is 0.394 e. The molecule has 2 unspecified atom stereocenters. The van der Waals surface area contributed by atoms with E-state index in [0.717, 1.165) is 38.3 Å². The summed E-state index contributed by atoms with van der Waals surface area (Å²) in [5.74, 6) is -0.118. The molecule has 0 radical (unpaired) electrons. The number of hydrogen-bond acceptors (Lipinski definition) is 9. The zero-order valence-electron chi connectivity index (χ0n) is 20.1. The van der Waals surface area contributed by atoms with Crippen LogP contribution in [0.4, 0.5) is 11.5 Å². The Labute approximate surface area is 213 Å². The predicted molar refractivity (Wildman–Crippen MR) is 130 cm³/mol. The average molecular weight is 514 g/mol. The molecule has 1 spiro atoms. The van der Waals surface area contributed by atoms with E-state index in [0.29, 0.717) is 17.0 Å². The third kappa shape index (κ3) is 3.32. The Morgan fingerprint density at radius 3 is 2.69 bits per heavy atom. The van der Waals surface area contributed by atoms with Gasteiger partial charge in [-0.05, 0) is 49.9 Å². The second kappa shape index (κ2) is 8.08. The zero-order chi connectivity index (χ0) is 24.7. The molecule has 0 amide bonds. The third-order valence-electron chi connectivity index (χ3n) is 7.89. The Kier molecular flexibility index (Phi) is 5.12. The SMILES string of the molecule is CC1(C)OC2C(O1)[C@@H](CO)O[C@H]2n1cnc2c(N3CC4(CCOCC4)c4ccccc43)nc(Cl)nc21. The van der Waals surface area contributed by atoms with Crippen LogP contribution >= 0.6 is 11.6 Å². The minimum Gasteiger partial charge on any atom is -0.394 e. The van der Waals surface area contributed by atoms with Crippen LogP contribution in [0.25, 0.3) is 11.2 Å². The van der Waals surface area contributed by atoms with E-state index in [1.54, 1.807) is 6.33 Å². The molecule has 10 nitrogen and oxygen atoms in total. The summed E-state index contributed by atoms with van der Waals surface area (Å²) < 4.78 is 25.9. The van der Waals surface area contributed by atoms with Crippen LogP contribution in [0, 0.1) is 0 Å². The molecule has 0 saturated carbocycles. The van der Waals surface area contributed by atoms with E-state index in [9.17, 15) is 5.11 Å². The number of anilines is 2. The van der Waals surface area contributed by atoms with E-state index in [4.69, 9.17) is 35.5 Å². The summed E-state index contributed by atoms with van der Waals surface area (Å²) in [5.41, 5.74) is 3.59. The van der Waals surface area contributed by atoms with E-state index < -0.39 is 30.3 Å². The van der Waals surface area contributed by atoms with Crippen molar-refractivity contribution in [2.45, 2.75) is 62.4 Å². The van der Waals surface area contributed by atoms with Crippen molar-refractivity contribution < 1.29 is 24.1 Å². The lowest BCUT2D eigenvalue weighted by Crippen LogP contribution is -2.37. The molecule has 3 fully saturated rings. The van der Waals surface area contributed by atoms with Crippen LogP contribution in [0.5, 0.6) is 0 Å². The van der Waals surface area contributed by atoms with Gasteiger partial charge in [-0.15, -0.1) is 0 Å². The lowest BCUT2D eigenvalue weighted by molar-refractivity contribution is -0.199. The highest BCUT2D eigenvalue weighted by Gasteiger charge is 2.56. The van der Waals surface area contributed by atoms with Crippen molar-refractivity contribution in [3.05, 3.63) is 41.4 Å². The number of nitrogens with zero attached hydrogens (tertiary/aromatic N) is 5. The first-order valence-electron chi connectivity index (χ1n) is 12.4. The van der Waals surface area contributed by atoms with E-state index in [-0.39, 0.29) is 17.3 Å². The molecular weight excluding hydrogens is 486 g/mol. The van der Waals surface area contributed by atoms with Crippen LogP contribution in [0.3, 0.4) is 0 Å². The highest BCUT2D eigenvalue weighted by atomic mass is 35.5. The Morgan fingerprint density at radius 1 is 1.11 bits per heavy atom. The molecular formula is C25H28ClN5O5. The Balaban J connectivity index is 1.32. The summed E-state index contributed by atoms with van der Waals surface area (Å²) >= 11 is 6.51. The minimum absolute atomic E-state index is 0.00208. The molecule has 0 bridgehead atoms. The molecule has 190 valence electrons. The lowest BCUT2D eigenvalue weighted by atomic mass is 9.76. The number of aromatic nitrogens is 4. The van der Waals surface area contributed by atoms with Gasteiger partial charge in [-0.3, -0.25) is 4.57 Å². The van der Waals surface area contributed by atoms with Crippen molar-refractivity contribution >= 4 is 34.3 Å². The maximum Gasteiger partial charge on any atom is 0.226 e. The number of imidazole rings is 1. The number of ether oxygens (including phenoxy) is 4. The number of rotatable bonds is 3. The van der Waals surface area contributed by atoms with Gasteiger partial charge in [0.2, 0.25) is 5.28 Å². The first-order chi connectivity index (χ1) is 17.4. The number of aliphatic hydroxyl groups excluding tert-OH is 1. The van der Waals surface area contributed by atoms with E-state index >= 15 is 0 Å². The Bertz CT molecular complexity index is 1330. The molecule has 3 saturated heterocycles. The minimum atomic E-state index is -0.781. The molecule has 36 heavy (non-hydrogen) atoms. The molecule has 0 aliphatic carbocycles. The van der Waals surface area contributed by atoms with Crippen molar-refractivity contribution in [3.8, 4) is 0 Å². The van der Waals surface area contributed by atoms with E-state index in [1.807, 2.05) is 24.5 Å². The van der Waals surface area contributed by atoms with Gasteiger partial charge in [-0.2, -0.15) is 9.97 Å². The average Bonchev–Trinajstić information content (AvgIpc) is 3.59. The quantitative estimate of drug-likeness (QED) is 0.529. The molecule has 1 N–H and O–H groups in total. The molecule has 6 heterocycles. The second-order valence-corrected chi connectivity index (χ2v) is 10.8. The Morgan fingerprint density at radius 2 is 1.89 bits per heavy atom. The van der Waals surface area contributed by atoms with Crippen LogP contribution in [0.15, 0.2) is 30.6 Å². The van der Waals surface area contributed by atoms with Crippen LogP contribution < -0.4 is 4.90 Å². The predicted octanol–water partition coefficient (Wildman–Crippen LogP) is 3.09. The normalized spacial score (nSPS) is 30.3.